The van der Waals surface area contributed by atoms with Crippen LogP contribution in [0.5, 0.6) is 0 Å². The van der Waals surface area contributed by atoms with Crippen LogP contribution in [0.3, 0.4) is 0 Å². The molecule has 6 nitrogen and oxygen atoms in total. The Labute approximate surface area is 496 Å². The summed E-state index contributed by atoms with van der Waals surface area (Å²) >= 11 is 0. The second-order valence-electron chi connectivity index (χ2n) is 23.1. The number of hydrogen-bond acceptors (Lipinski definition) is 6. The zero-order valence-corrected chi connectivity index (χ0v) is 53.1. The largest absolute Gasteiger partial charge is 0.462 e. The lowest BCUT2D eigenvalue weighted by molar-refractivity contribution is -0.167. The number of carbonyl (C=O) groups excluding carboxylic acids is 3. The van der Waals surface area contributed by atoms with E-state index in [1.807, 2.05) is 0 Å². The summed E-state index contributed by atoms with van der Waals surface area (Å²) in [5.41, 5.74) is 0. The van der Waals surface area contributed by atoms with Gasteiger partial charge in [-0.2, -0.15) is 0 Å². The molecular formula is C74H130O6. The Balaban J connectivity index is 4.17. The van der Waals surface area contributed by atoms with Crippen LogP contribution >= 0.6 is 0 Å². The Kier molecular flexibility index (Phi) is 65.2. The van der Waals surface area contributed by atoms with E-state index < -0.39 is 6.10 Å². The van der Waals surface area contributed by atoms with Gasteiger partial charge < -0.3 is 14.2 Å². The van der Waals surface area contributed by atoms with E-state index in [1.165, 1.54) is 199 Å². The SMILES string of the molecule is CC/C=C\C/C=C\C/C=C\C/C=C\C/C=C\C/C=C\CCCCCCCCCCCCCCC(=O)OCC(COC(=O)CCCCCCC/C=C\CCC)OC(=O)CCCCCCCCCCCCCCCCCCCCCCC. The van der Waals surface area contributed by atoms with Crippen molar-refractivity contribution in [2.45, 2.75) is 354 Å². The molecule has 0 amide bonds. The van der Waals surface area contributed by atoms with E-state index >= 15 is 0 Å². The maximum Gasteiger partial charge on any atom is 0.306 e. The summed E-state index contributed by atoms with van der Waals surface area (Å²) in [6.07, 6.45) is 90.5. The summed E-state index contributed by atoms with van der Waals surface area (Å²) in [7, 11) is 0. The molecule has 0 aliphatic carbocycles. The minimum Gasteiger partial charge on any atom is -0.462 e. The fraction of sp³-hybridized carbons (Fsp3) is 0.770. The molecule has 0 aliphatic heterocycles. The molecule has 0 aliphatic rings. The van der Waals surface area contributed by atoms with Gasteiger partial charge in [0.15, 0.2) is 6.10 Å². The number of ether oxygens (including phenoxy) is 3. The first kappa shape index (κ1) is 76.6. The molecule has 0 aromatic carbocycles. The van der Waals surface area contributed by atoms with E-state index in [9.17, 15) is 14.4 Å². The lowest BCUT2D eigenvalue weighted by atomic mass is 10.0. The minimum atomic E-state index is -0.778. The van der Waals surface area contributed by atoms with Crippen LogP contribution in [0.1, 0.15) is 348 Å². The van der Waals surface area contributed by atoms with E-state index in [0.29, 0.717) is 19.3 Å². The third-order valence-corrected chi connectivity index (χ3v) is 15.1. The van der Waals surface area contributed by atoms with Crippen molar-refractivity contribution in [3.8, 4) is 0 Å². The molecule has 0 radical (unpaired) electrons. The Morgan fingerprint density at radius 2 is 0.512 bits per heavy atom. The zero-order chi connectivity index (χ0) is 57.8. The summed E-state index contributed by atoms with van der Waals surface area (Å²) in [5, 5.41) is 0. The first-order valence-corrected chi connectivity index (χ1v) is 34.6. The van der Waals surface area contributed by atoms with Gasteiger partial charge >= 0.3 is 17.9 Å². The summed E-state index contributed by atoms with van der Waals surface area (Å²) in [6.45, 7) is 6.50. The summed E-state index contributed by atoms with van der Waals surface area (Å²) in [5.74, 6) is -0.871. The number of carbonyl (C=O) groups is 3. The summed E-state index contributed by atoms with van der Waals surface area (Å²) < 4.78 is 16.9. The standard InChI is InChI=1S/C74H130O6/c1-4-7-10-13-16-19-22-24-26-28-30-32-33-34-35-36-37-38-39-40-41-43-44-46-48-50-52-55-58-61-64-67-73(76)79-70-71(69-78-72(75)66-63-60-57-54-21-18-15-12-9-6-3)80-74(77)68-65-62-59-56-53-51-49-47-45-42-31-29-27-25-23-20-17-14-11-8-5-2/h7,10,12,15-16,19,24,26,30,32,34-35,37-38,71H,4-6,8-9,11,13-14,17-18,20-23,25,27-29,31,33,36,39-70H2,1-3H3/b10-7-,15-12-,19-16-,26-24-,32-30-,35-34-,38-37-. The molecule has 80 heavy (non-hydrogen) atoms. The molecule has 1 atom stereocenters. The van der Waals surface area contributed by atoms with Gasteiger partial charge in [0.2, 0.25) is 0 Å². The molecule has 1 unspecified atom stereocenters. The molecule has 0 saturated heterocycles. The van der Waals surface area contributed by atoms with Gasteiger partial charge in [-0.15, -0.1) is 0 Å². The van der Waals surface area contributed by atoms with E-state index in [-0.39, 0.29) is 31.1 Å². The number of unbranched alkanes of at least 4 members (excludes halogenated alkanes) is 38. The predicted octanol–water partition coefficient (Wildman–Crippen LogP) is 23.8. The van der Waals surface area contributed by atoms with Gasteiger partial charge in [0, 0.05) is 19.3 Å². The van der Waals surface area contributed by atoms with Gasteiger partial charge in [-0.3, -0.25) is 14.4 Å². The van der Waals surface area contributed by atoms with Crippen LogP contribution in [-0.2, 0) is 28.6 Å². The molecular weight excluding hydrogens is 985 g/mol. The third-order valence-electron chi connectivity index (χ3n) is 15.1. The molecule has 0 aromatic heterocycles. The van der Waals surface area contributed by atoms with Crippen molar-refractivity contribution >= 4 is 17.9 Å². The van der Waals surface area contributed by atoms with Crippen LogP contribution in [0.25, 0.3) is 0 Å². The van der Waals surface area contributed by atoms with Crippen molar-refractivity contribution in [1.82, 2.24) is 0 Å². The highest BCUT2D eigenvalue weighted by Crippen LogP contribution is 2.18. The van der Waals surface area contributed by atoms with Crippen LogP contribution in [0.2, 0.25) is 0 Å². The number of hydrogen-bond donors (Lipinski definition) is 0. The number of esters is 3. The normalized spacial score (nSPS) is 12.6. The molecule has 0 fully saturated rings. The van der Waals surface area contributed by atoms with Gasteiger partial charge in [0.05, 0.1) is 0 Å². The van der Waals surface area contributed by atoms with Gasteiger partial charge in [-0.25, -0.2) is 0 Å². The predicted molar refractivity (Wildman–Crippen MR) is 348 cm³/mol. The van der Waals surface area contributed by atoms with Crippen molar-refractivity contribution in [2.24, 2.45) is 0 Å². The van der Waals surface area contributed by atoms with E-state index in [0.717, 1.165) is 109 Å². The van der Waals surface area contributed by atoms with E-state index in [4.69, 9.17) is 14.2 Å². The second kappa shape index (κ2) is 68.1. The van der Waals surface area contributed by atoms with Gasteiger partial charge in [0.25, 0.3) is 0 Å². The first-order chi connectivity index (χ1) is 39.5. The Morgan fingerprint density at radius 3 is 0.825 bits per heavy atom. The monoisotopic (exact) mass is 1110 g/mol. The van der Waals surface area contributed by atoms with Crippen LogP contribution in [0.15, 0.2) is 85.1 Å². The first-order valence-electron chi connectivity index (χ1n) is 34.6. The highest BCUT2D eigenvalue weighted by atomic mass is 16.6. The van der Waals surface area contributed by atoms with Crippen LogP contribution in [0.4, 0.5) is 0 Å². The molecule has 0 spiro atoms. The molecule has 0 saturated carbocycles. The molecule has 0 rings (SSSR count). The molecule has 0 bridgehead atoms. The van der Waals surface area contributed by atoms with Crippen LogP contribution in [-0.4, -0.2) is 37.2 Å². The fourth-order valence-corrected chi connectivity index (χ4v) is 9.98. The smallest absolute Gasteiger partial charge is 0.306 e. The van der Waals surface area contributed by atoms with Crippen molar-refractivity contribution in [3.05, 3.63) is 85.1 Å². The summed E-state index contributed by atoms with van der Waals surface area (Å²) in [4.78, 5) is 38.3. The van der Waals surface area contributed by atoms with Crippen molar-refractivity contribution in [1.29, 1.82) is 0 Å². The topological polar surface area (TPSA) is 78.9 Å². The van der Waals surface area contributed by atoms with Crippen molar-refractivity contribution in [3.63, 3.8) is 0 Å². The molecule has 462 valence electrons. The lowest BCUT2D eigenvalue weighted by Gasteiger charge is -2.18. The molecule has 0 heterocycles. The number of allylic oxidation sites excluding steroid dienone is 14. The van der Waals surface area contributed by atoms with Crippen LogP contribution in [0, 0.1) is 0 Å². The Morgan fingerprint density at radius 1 is 0.263 bits per heavy atom. The molecule has 6 heteroatoms. The molecule has 0 N–H and O–H groups in total. The van der Waals surface area contributed by atoms with Gasteiger partial charge in [0.1, 0.15) is 13.2 Å². The highest BCUT2D eigenvalue weighted by molar-refractivity contribution is 5.71. The van der Waals surface area contributed by atoms with E-state index in [1.54, 1.807) is 0 Å². The number of rotatable bonds is 63. The van der Waals surface area contributed by atoms with Crippen LogP contribution < -0.4 is 0 Å². The highest BCUT2D eigenvalue weighted by Gasteiger charge is 2.19. The molecule has 0 aromatic rings. The summed E-state index contributed by atoms with van der Waals surface area (Å²) in [6, 6.07) is 0. The fourth-order valence-electron chi connectivity index (χ4n) is 9.98. The average molecular weight is 1120 g/mol. The van der Waals surface area contributed by atoms with Crippen molar-refractivity contribution < 1.29 is 28.6 Å². The maximum absolute atomic E-state index is 12.9. The average Bonchev–Trinajstić information content (AvgIpc) is 3.46. The second-order valence-corrected chi connectivity index (χ2v) is 23.1. The van der Waals surface area contributed by atoms with Gasteiger partial charge in [-0.05, 0) is 89.9 Å². The zero-order valence-electron chi connectivity index (χ0n) is 53.1. The maximum atomic E-state index is 12.9. The quantitative estimate of drug-likeness (QED) is 0.0261. The van der Waals surface area contributed by atoms with Gasteiger partial charge in [-0.1, -0.05) is 324 Å². The Hall–Kier alpha value is -3.41. The van der Waals surface area contributed by atoms with Crippen molar-refractivity contribution in [2.75, 3.05) is 13.2 Å². The van der Waals surface area contributed by atoms with E-state index in [2.05, 4.69) is 106 Å². The Bertz CT molecular complexity index is 1520. The third kappa shape index (κ3) is 65.4. The lowest BCUT2D eigenvalue weighted by Crippen LogP contribution is -2.30. The minimum absolute atomic E-state index is 0.0761.